The molecule has 0 fully saturated rings. The molecule has 6 heteroatoms. The summed E-state index contributed by atoms with van der Waals surface area (Å²) in [7, 11) is 0. The van der Waals surface area contributed by atoms with Crippen molar-refractivity contribution in [3.63, 3.8) is 0 Å². The molecule has 5 nitrogen and oxygen atoms in total. The zero-order chi connectivity index (χ0) is 15.2. The molecule has 21 heavy (non-hydrogen) atoms. The van der Waals surface area contributed by atoms with Gasteiger partial charge in [-0.3, -0.25) is 14.6 Å². The fraction of sp³-hybridized carbons (Fsp3) is 0.133. The van der Waals surface area contributed by atoms with Gasteiger partial charge in [0.05, 0.1) is 0 Å². The highest BCUT2D eigenvalue weighted by molar-refractivity contribution is 6.30. The summed E-state index contributed by atoms with van der Waals surface area (Å²) in [5.74, 6) is -0.972. The Hall–Kier alpha value is -2.40. The smallest absolute Gasteiger partial charge is 0.252 e. The number of carbonyl (C=O) groups is 2. The van der Waals surface area contributed by atoms with E-state index in [0.29, 0.717) is 10.6 Å². The molecular formula is C15H14ClN3O2. The van der Waals surface area contributed by atoms with Crippen LogP contribution in [0, 0.1) is 0 Å². The molecule has 0 saturated carbocycles. The van der Waals surface area contributed by atoms with E-state index >= 15 is 0 Å². The van der Waals surface area contributed by atoms with Crippen LogP contribution >= 0.6 is 11.6 Å². The quantitative estimate of drug-likeness (QED) is 0.879. The normalized spacial score (nSPS) is 11.7. The Kier molecular flexibility index (Phi) is 4.90. The lowest BCUT2D eigenvalue weighted by Gasteiger charge is -2.15. The monoisotopic (exact) mass is 303 g/mol. The van der Waals surface area contributed by atoms with Gasteiger partial charge in [-0.1, -0.05) is 23.7 Å². The fourth-order valence-corrected chi connectivity index (χ4v) is 2.08. The number of rotatable bonds is 5. The number of nitrogens with one attached hydrogen (secondary N) is 1. The zero-order valence-corrected chi connectivity index (χ0v) is 11.9. The topological polar surface area (TPSA) is 85.1 Å². The maximum absolute atomic E-state index is 12.0. The van der Waals surface area contributed by atoms with Crippen LogP contribution in [0.1, 0.15) is 15.9 Å². The molecule has 0 aliphatic heterocycles. The van der Waals surface area contributed by atoms with Crippen molar-refractivity contribution in [3.05, 3.63) is 64.9 Å². The van der Waals surface area contributed by atoms with Crippen LogP contribution in [0.3, 0.4) is 0 Å². The summed E-state index contributed by atoms with van der Waals surface area (Å²) in [4.78, 5) is 27.4. The molecule has 1 heterocycles. The highest BCUT2D eigenvalue weighted by atomic mass is 35.5. The van der Waals surface area contributed by atoms with E-state index in [0.717, 1.165) is 5.56 Å². The second-order valence-electron chi connectivity index (χ2n) is 4.50. The second kappa shape index (κ2) is 6.85. The molecule has 1 aromatic carbocycles. The number of amides is 2. The molecule has 3 N–H and O–H groups in total. The summed E-state index contributed by atoms with van der Waals surface area (Å²) in [6.45, 7) is 0. The maximum Gasteiger partial charge on any atom is 0.252 e. The van der Waals surface area contributed by atoms with Crippen LogP contribution in [-0.2, 0) is 11.2 Å². The predicted octanol–water partition coefficient (Wildman–Crippen LogP) is 1.56. The molecule has 108 valence electrons. The van der Waals surface area contributed by atoms with E-state index in [1.165, 1.54) is 12.4 Å². The Morgan fingerprint density at radius 2 is 1.95 bits per heavy atom. The Bertz CT molecular complexity index is 646. The molecule has 0 spiro atoms. The van der Waals surface area contributed by atoms with E-state index in [-0.39, 0.29) is 12.3 Å². The first-order valence-corrected chi connectivity index (χ1v) is 6.68. The molecule has 0 aliphatic rings. The van der Waals surface area contributed by atoms with Crippen LogP contribution < -0.4 is 11.1 Å². The minimum atomic E-state index is -0.802. The molecule has 0 bridgehead atoms. The lowest BCUT2D eigenvalue weighted by Crippen LogP contribution is -2.45. The van der Waals surface area contributed by atoms with Crippen LogP contribution in [0.5, 0.6) is 0 Å². The summed E-state index contributed by atoms with van der Waals surface area (Å²) in [6, 6.07) is 9.39. The van der Waals surface area contributed by atoms with Crippen molar-refractivity contribution in [2.45, 2.75) is 12.5 Å². The maximum atomic E-state index is 12.0. The summed E-state index contributed by atoms with van der Waals surface area (Å²) in [6.07, 6.45) is 3.29. The standard InChI is InChI=1S/C15H14ClN3O2/c16-12-3-1-2-10(8-12)9-13(14(17)20)19-15(21)11-4-6-18-7-5-11/h1-8,13H,9H2,(H2,17,20)(H,19,21)/t13-/m1/s1. The summed E-state index contributed by atoms with van der Waals surface area (Å²) < 4.78 is 0. The SMILES string of the molecule is NC(=O)[C@@H](Cc1cccc(Cl)c1)NC(=O)c1ccncc1. The molecule has 0 aliphatic carbocycles. The Morgan fingerprint density at radius 1 is 1.24 bits per heavy atom. The largest absolute Gasteiger partial charge is 0.368 e. The number of nitrogens with two attached hydrogens (primary N) is 1. The molecule has 2 aromatic rings. The van der Waals surface area contributed by atoms with E-state index in [1.54, 1.807) is 30.3 Å². The number of carbonyl (C=O) groups excluding carboxylic acids is 2. The first-order chi connectivity index (χ1) is 10.1. The van der Waals surface area contributed by atoms with Gasteiger partial charge in [-0.05, 0) is 29.8 Å². The zero-order valence-electron chi connectivity index (χ0n) is 11.1. The Morgan fingerprint density at radius 3 is 2.57 bits per heavy atom. The Balaban J connectivity index is 2.09. The molecule has 1 aromatic heterocycles. The summed E-state index contributed by atoms with van der Waals surface area (Å²) in [5, 5.41) is 3.18. The van der Waals surface area contributed by atoms with E-state index in [9.17, 15) is 9.59 Å². The average Bonchev–Trinajstić information content (AvgIpc) is 2.47. The fourth-order valence-electron chi connectivity index (χ4n) is 1.87. The van der Waals surface area contributed by atoms with Crippen molar-refractivity contribution in [3.8, 4) is 0 Å². The number of primary amides is 1. The first-order valence-electron chi connectivity index (χ1n) is 6.31. The molecular weight excluding hydrogens is 290 g/mol. The van der Waals surface area contributed by atoms with Gasteiger partial charge in [0.25, 0.3) is 5.91 Å². The lowest BCUT2D eigenvalue weighted by molar-refractivity contribution is -0.119. The van der Waals surface area contributed by atoms with E-state index < -0.39 is 11.9 Å². The van der Waals surface area contributed by atoms with Gasteiger partial charge in [-0.25, -0.2) is 0 Å². The number of hydrogen-bond acceptors (Lipinski definition) is 3. The van der Waals surface area contributed by atoms with Gasteiger partial charge >= 0.3 is 0 Å². The second-order valence-corrected chi connectivity index (χ2v) is 4.93. The van der Waals surface area contributed by atoms with Gasteiger partial charge < -0.3 is 11.1 Å². The van der Waals surface area contributed by atoms with Gasteiger partial charge in [0.15, 0.2) is 0 Å². The van der Waals surface area contributed by atoms with Crippen molar-refractivity contribution < 1.29 is 9.59 Å². The minimum absolute atomic E-state index is 0.284. The van der Waals surface area contributed by atoms with Crippen molar-refractivity contribution in [1.29, 1.82) is 0 Å². The Labute approximate surface area is 127 Å². The minimum Gasteiger partial charge on any atom is -0.368 e. The van der Waals surface area contributed by atoms with Gasteiger partial charge in [0, 0.05) is 29.4 Å². The third-order valence-electron chi connectivity index (χ3n) is 2.92. The van der Waals surface area contributed by atoms with Gasteiger partial charge in [-0.15, -0.1) is 0 Å². The highest BCUT2D eigenvalue weighted by Crippen LogP contribution is 2.12. The third-order valence-corrected chi connectivity index (χ3v) is 3.16. The molecule has 0 unspecified atom stereocenters. The van der Waals surface area contributed by atoms with E-state index in [1.807, 2.05) is 6.07 Å². The van der Waals surface area contributed by atoms with Crippen LogP contribution in [0.4, 0.5) is 0 Å². The lowest BCUT2D eigenvalue weighted by atomic mass is 10.0. The van der Waals surface area contributed by atoms with Gasteiger partial charge in [0.1, 0.15) is 6.04 Å². The first kappa shape index (κ1) is 15.0. The summed E-state index contributed by atoms with van der Waals surface area (Å²) >= 11 is 5.90. The van der Waals surface area contributed by atoms with E-state index in [4.69, 9.17) is 17.3 Å². The van der Waals surface area contributed by atoms with Gasteiger partial charge in [-0.2, -0.15) is 0 Å². The molecule has 2 rings (SSSR count). The highest BCUT2D eigenvalue weighted by Gasteiger charge is 2.19. The van der Waals surface area contributed by atoms with Crippen LogP contribution in [-0.4, -0.2) is 22.8 Å². The van der Waals surface area contributed by atoms with Crippen LogP contribution in [0.25, 0.3) is 0 Å². The third kappa shape index (κ3) is 4.29. The predicted molar refractivity (Wildman–Crippen MR) is 79.8 cm³/mol. The van der Waals surface area contributed by atoms with Crippen molar-refractivity contribution in [2.24, 2.45) is 5.73 Å². The van der Waals surface area contributed by atoms with Gasteiger partial charge in [0.2, 0.25) is 5.91 Å². The van der Waals surface area contributed by atoms with Crippen molar-refractivity contribution in [1.82, 2.24) is 10.3 Å². The van der Waals surface area contributed by atoms with Crippen LogP contribution in [0.2, 0.25) is 5.02 Å². The number of benzene rings is 1. The molecule has 1 atom stereocenters. The molecule has 2 amide bonds. The number of hydrogen-bond donors (Lipinski definition) is 2. The number of halogens is 1. The van der Waals surface area contributed by atoms with Crippen molar-refractivity contribution >= 4 is 23.4 Å². The van der Waals surface area contributed by atoms with Crippen LogP contribution in [0.15, 0.2) is 48.8 Å². The molecule has 0 radical (unpaired) electrons. The van der Waals surface area contributed by atoms with E-state index in [2.05, 4.69) is 10.3 Å². The summed E-state index contributed by atoms with van der Waals surface area (Å²) in [5.41, 5.74) is 6.59. The average molecular weight is 304 g/mol. The number of aromatic nitrogens is 1. The van der Waals surface area contributed by atoms with Crippen molar-refractivity contribution in [2.75, 3.05) is 0 Å². The molecule has 0 saturated heterocycles. The number of nitrogens with zero attached hydrogens (tertiary/aromatic N) is 1. The number of pyridine rings is 1.